The van der Waals surface area contributed by atoms with E-state index in [9.17, 15) is 14.3 Å². The van der Waals surface area contributed by atoms with Crippen LogP contribution in [-0.2, 0) is 4.79 Å². The number of hydrogen-bond acceptors (Lipinski definition) is 4. The van der Waals surface area contributed by atoms with Gasteiger partial charge in [0.25, 0.3) is 0 Å². The van der Waals surface area contributed by atoms with Crippen LogP contribution in [0.4, 0.5) is 4.39 Å². The van der Waals surface area contributed by atoms with Gasteiger partial charge in [0, 0.05) is 37.6 Å². The zero-order chi connectivity index (χ0) is 23.2. The summed E-state index contributed by atoms with van der Waals surface area (Å²) in [4.78, 5) is 21.1. The summed E-state index contributed by atoms with van der Waals surface area (Å²) in [6, 6.07) is 9.08. The van der Waals surface area contributed by atoms with Crippen LogP contribution in [0.15, 0.2) is 53.3 Å². The lowest BCUT2D eigenvalue weighted by atomic mass is 9.85. The molecule has 1 aromatic carbocycles. The Bertz CT molecular complexity index is 955. The molecule has 1 aromatic heterocycles. The van der Waals surface area contributed by atoms with E-state index in [4.69, 9.17) is 0 Å². The molecule has 2 saturated heterocycles. The van der Waals surface area contributed by atoms with Gasteiger partial charge < -0.3 is 10.0 Å². The van der Waals surface area contributed by atoms with Crippen LogP contribution >= 0.6 is 15.9 Å². The number of aromatic nitrogens is 1. The third-order valence-electron chi connectivity index (χ3n) is 7.12. The van der Waals surface area contributed by atoms with Crippen molar-refractivity contribution < 1.29 is 14.3 Å². The normalized spacial score (nSPS) is 19.8. The SMILES string of the molecule is O=C(/C=C/c1ccc(F)c(Br)c1)N1CCC(C(CO)N2CCC(c3ccncc3)CC2)CC1. The number of hydrogen-bond donors (Lipinski definition) is 1. The minimum Gasteiger partial charge on any atom is -0.395 e. The standard InChI is InChI=1S/C26H31BrFN3O2/c27-23-17-19(1-3-24(23)28)2-4-26(33)31-15-9-22(10-16-31)25(18-32)30-13-7-21(8-14-30)20-5-11-29-12-6-20/h1-6,11-12,17,21-22,25,32H,7-10,13-16,18H2/b4-2+. The van der Waals surface area contributed by atoms with Crippen molar-refractivity contribution in [3.63, 3.8) is 0 Å². The van der Waals surface area contributed by atoms with Gasteiger partial charge in [-0.15, -0.1) is 0 Å². The Kier molecular flexibility index (Phi) is 8.28. The Balaban J connectivity index is 1.27. The van der Waals surface area contributed by atoms with E-state index in [2.05, 4.69) is 37.9 Å². The maximum Gasteiger partial charge on any atom is 0.246 e. The molecule has 7 heteroatoms. The summed E-state index contributed by atoms with van der Waals surface area (Å²) in [7, 11) is 0. The van der Waals surface area contributed by atoms with Crippen LogP contribution in [-0.4, -0.2) is 64.6 Å². The van der Waals surface area contributed by atoms with E-state index < -0.39 is 0 Å². The maximum atomic E-state index is 13.4. The number of likely N-dealkylation sites (tertiary alicyclic amines) is 2. The molecular weight excluding hydrogens is 485 g/mol. The summed E-state index contributed by atoms with van der Waals surface area (Å²) in [6.45, 7) is 3.55. The van der Waals surface area contributed by atoms with Crippen molar-refractivity contribution in [2.24, 2.45) is 5.92 Å². The molecule has 1 amide bonds. The lowest BCUT2D eigenvalue weighted by Crippen LogP contribution is -2.50. The minimum atomic E-state index is -0.319. The summed E-state index contributed by atoms with van der Waals surface area (Å²) in [5.41, 5.74) is 2.14. The minimum absolute atomic E-state index is 0.0207. The van der Waals surface area contributed by atoms with Crippen molar-refractivity contribution in [1.82, 2.24) is 14.8 Å². The van der Waals surface area contributed by atoms with Gasteiger partial charge >= 0.3 is 0 Å². The van der Waals surface area contributed by atoms with Gasteiger partial charge in [0.1, 0.15) is 5.82 Å². The molecule has 1 unspecified atom stereocenters. The molecular formula is C26H31BrFN3O2. The first-order valence-corrected chi connectivity index (χ1v) is 12.5. The van der Waals surface area contributed by atoms with Crippen LogP contribution in [0.25, 0.3) is 6.08 Å². The van der Waals surface area contributed by atoms with E-state index >= 15 is 0 Å². The average molecular weight is 516 g/mol. The maximum absolute atomic E-state index is 13.4. The monoisotopic (exact) mass is 515 g/mol. The van der Waals surface area contributed by atoms with Gasteiger partial charge in [-0.1, -0.05) is 6.07 Å². The highest BCUT2D eigenvalue weighted by atomic mass is 79.9. The molecule has 2 aromatic rings. The van der Waals surface area contributed by atoms with E-state index in [0.717, 1.165) is 44.3 Å². The predicted octanol–water partition coefficient (Wildman–Crippen LogP) is 4.48. The van der Waals surface area contributed by atoms with Gasteiger partial charge in [-0.05, 0) is 108 Å². The van der Waals surface area contributed by atoms with E-state index in [0.29, 0.717) is 29.4 Å². The Hall–Kier alpha value is -2.09. The first-order valence-electron chi connectivity index (χ1n) is 11.7. The smallest absolute Gasteiger partial charge is 0.246 e. The second-order valence-corrected chi connectivity index (χ2v) is 9.86. The summed E-state index contributed by atoms with van der Waals surface area (Å²) in [6.07, 6.45) is 11.0. The van der Waals surface area contributed by atoms with Gasteiger partial charge in [-0.25, -0.2) is 4.39 Å². The van der Waals surface area contributed by atoms with Crippen LogP contribution in [0.3, 0.4) is 0 Å². The van der Waals surface area contributed by atoms with Gasteiger partial charge in [0.05, 0.1) is 11.1 Å². The number of aliphatic hydroxyl groups is 1. The number of nitrogens with zero attached hydrogens (tertiary/aromatic N) is 3. The van der Waals surface area contributed by atoms with Crippen LogP contribution < -0.4 is 0 Å². The van der Waals surface area contributed by atoms with E-state index in [1.807, 2.05) is 17.3 Å². The fraction of sp³-hybridized carbons (Fsp3) is 0.462. The second kappa shape index (κ2) is 11.4. The Labute approximate surface area is 203 Å². The molecule has 2 aliphatic heterocycles. The van der Waals surface area contributed by atoms with Crippen molar-refractivity contribution >= 4 is 27.9 Å². The van der Waals surface area contributed by atoms with Crippen molar-refractivity contribution in [2.75, 3.05) is 32.8 Å². The molecule has 0 saturated carbocycles. The quantitative estimate of drug-likeness (QED) is 0.576. The third-order valence-corrected chi connectivity index (χ3v) is 7.73. The fourth-order valence-corrected chi connectivity index (χ4v) is 5.55. The predicted molar refractivity (Wildman–Crippen MR) is 131 cm³/mol. The first-order chi connectivity index (χ1) is 16.0. The molecule has 1 N–H and O–H groups in total. The molecule has 176 valence electrons. The van der Waals surface area contributed by atoms with Crippen LogP contribution in [0.1, 0.15) is 42.7 Å². The molecule has 4 rings (SSSR count). The van der Waals surface area contributed by atoms with Crippen molar-refractivity contribution in [3.8, 4) is 0 Å². The highest BCUT2D eigenvalue weighted by Gasteiger charge is 2.33. The molecule has 1 atom stereocenters. The first kappa shape index (κ1) is 24.0. The van der Waals surface area contributed by atoms with Gasteiger partial charge in [-0.2, -0.15) is 0 Å². The molecule has 2 fully saturated rings. The third kappa shape index (κ3) is 6.08. The lowest BCUT2D eigenvalue weighted by Gasteiger charge is -2.43. The van der Waals surface area contributed by atoms with Gasteiger partial charge in [0.15, 0.2) is 0 Å². The number of aliphatic hydroxyl groups excluding tert-OH is 1. The molecule has 3 heterocycles. The molecule has 0 bridgehead atoms. The number of rotatable bonds is 6. The van der Waals surface area contributed by atoms with Crippen molar-refractivity contribution in [2.45, 2.75) is 37.6 Å². The van der Waals surface area contributed by atoms with E-state index in [1.54, 1.807) is 24.3 Å². The number of benzene rings is 1. The summed E-state index contributed by atoms with van der Waals surface area (Å²) < 4.78 is 13.8. The topological polar surface area (TPSA) is 56.7 Å². The molecule has 5 nitrogen and oxygen atoms in total. The highest BCUT2D eigenvalue weighted by Crippen LogP contribution is 2.32. The number of piperidine rings is 2. The van der Waals surface area contributed by atoms with Crippen LogP contribution in [0, 0.1) is 11.7 Å². The van der Waals surface area contributed by atoms with Gasteiger partial charge in [0.2, 0.25) is 5.91 Å². The van der Waals surface area contributed by atoms with Crippen molar-refractivity contribution in [1.29, 1.82) is 0 Å². The zero-order valence-corrected chi connectivity index (χ0v) is 20.3. The molecule has 0 spiro atoms. The average Bonchev–Trinajstić information content (AvgIpc) is 2.86. The summed E-state index contributed by atoms with van der Waals surface area (Å²) in [5, 5.41) is 10.2. The number of carbonyl (C=O) groups is 1. The van der Waals surface area contributed by atoms with Gasteiger partial charge in [-0.3, -0.25) is 14.7 Å². The Morgan fingerprint density at radius 3 is 2.45 bits per heavy atom. The molecule has 2 aliphatic rings. The zero-order valence-electron chi connectivity index (χ0n) is 18.7. The lowest BCUT2D eigenvalue weighted by molar-refractivity contribution is -0.127. The molecule has 0 radical (unpaired) electrons. The number of carbonyl (C=O) groups excluding carboxylic acids is 1. The molecule has 33 heavy (non-hydrogen) atoms. The molecule has 0 aliphatic carbocycles. The van der Waals surface area contributed by atoms with E-state index in [-0.39, 0.29) is 24.4 Å². The van der Waals surface area contributed by atoms with Crippen molar-refractivity contribution in [3.05, 3.63) is 70.2 Å². The number of halogens is 2. The summed E-state index contributed by atoms with van der Waals surface area (Å²) >= 11 is 3.17. The fourth-order valence-electron chi connectivity index (χ4n) is 5.16. The van der Waals surface area contributed by atoms with E-state index in [1.165, 1.54) is 11.6 Å². The van der Waals surface area contributed by atoms with Crippen LogP contribution in [0.2, 0.25) is 0 Å². The highest BCUT2D eigenvalue weighted by molar-refractivity contribution is 9.10. The second-order valence-electron chi connectivity index (χ2n) is 9.01. The van der Waals surface area contributed by atoms with Crippen LogP contribution in [0.5, 0.6) is 0 Å². The Morgan fingerprint density at radius 2 is 1.82 bits per heavy atom. The largest absolute Gasteiger partial charge is 0.395 e. The summed E-state index contributed by atoms with van der Waals surface area (Å²) in [5.74, 6) is 0.623. The Morgan fingerprint density at radius 1 is 1.12 bits per heavy atom. The number of pyridine rings is 1. The number of amides is 1.